The van der Waals surface area contributed by atoms with E-state index in [1.54, 1.807) is 13.2 Å². The Balaban J connectivity index is 1.99. The van der Waals surface area contributed by atoms with Crippen LogP contribution in [0.15, 0.2) is 30.3 Å². The van der Waals surface area contributed by atoms with E-state index in [0.29, 0.717) is 18.3 Å². The highest BCUT2D eigenvalue weighted by molar-refractivity contribution is 5.42. The van der Waals surface area contributed by atoms with Gasteiger partial charge in [-0.05, 0) is 24.1 Å². The average molecular weight is 288 g/mol. The van der Waals surface area contributed by atoms with Gasteiger partial charge in [-0.1, -0.05) is 19.1 Å². The van der Waals surface area contributed by atoms with Gasteiger partial charge in [-0.25, -0.2) is 0 Å². The van der Waals surface area contributed by atoms with Crippen molar-refractivity contribution in [1.29, 1.82) is 0 Å². The molecule has 0 spiro atoms. The first kappa shape index (κ1) is 14.9. The van der Waals surface area contributed by atoms with Crippen LogP contribution in [0, 0.1) is 0 Å². The number of nitrogens with two attached hydrogens (primary N) is 1. The standard InChI is InChI=1S/C15H20N4O2/c1-3-8-17-13-9-14(19-15(16)18-13)21-10-11-4-6-12(20-2)7-5-11/h4-7,9H,3,8,10H2,1-2H3,(H3,16,17,18,19). The van der Waals surface area contributed by atoms with Gasteiger partial charge in [0.2, 0.25) is 11.8 Å². The molecular weight excluding hydrogens is 268 g/mol. The quantitative estimate of drug-likeness (QED) is 0.814. The number of nitrogens with one attached hydrogen (secondary N) is 1. The number of aromatic nitrogens is 2. The van der Waals surface area contributed by atoms with E-state index in [1.165, 1.54) is 0 Å². The van der Waals surface area contributed by atoms with E-state index in [4.69, 9.17) is 15.2 Å². The van der Waals surface area contributed by atoms with E-state index in [0.717, 1.165) is 24.3 Å². The van der Waals surface area contributed by atoms with Gasteiger partial charge in [-0.2, -0.15) is 9.97 Å². The molecule has 6 nitrogen and oxygen atoms in total. The summed E-state index contributed by atoms with van der Waals surface area (Å²) in [6.45, 7) is 3.32. The van der Waals surface area contributed by atoms with Crippen molar-refractivity contribution in [1.82, 2.24) is 9.97 Å². The molecule has 2 rings (SSSR count). The molecule has 0 bridgehead atoms. The second-order valence-electron chi connectivity index (χ2n) is 4.51. The number of nitrogens with zero attached hydrogens (tertiary/aromatic N) is 2. The number of hydrogen-bond acceptors (Lipinski definition) is 6. The van der Waals surface area contributed by atoms with Crippen molar-refractivity contribution in [3.63, 3.8) is 0 Å². The van der Waals surface area contributed by atoms with E-state index in [1.807, 2.05) is 24.3 Å². The first-order valence-electron chi connectivity index (χ1n) is 6.85. The highest BCUT2D eigenvalue weighted by atomic mass is 16.5. The lowest BCUT2D eigenvalue weighted by molar-refractivity contribution is 0.294. The Morgan fingerprint density at radius 1 is 1.19 bits per heavy atom. The van der Waals surface area contributed by atoms with Crippen LogP contribution in [0.4, 0.5) is 11.8 Å². The topological polar surface area (TPSA) is 82.3 Å². The summed E-state index contributed by atoms with van der Waals surface area (Å²) in [5, 5.41) is 3.16. The summed E-state index contributed by atoms with van der Waals surface area (Å²) in [4.78, 5) is 8.18. The van der Waals surface area contributed by atoms with Crippen molar-refractivity contribution in [2.75, 3.05) is 24.7 Å². The van der Waals surface area contributed by atoms with E-state index in [2.05, 4.69) is 22.2 Å². The minimum atomic E-state index is 0.195. The Morgan fingerprint density at radius 3 is 2.62 bits per heavy atom. The zero-order chi connectivity index (χ0) is 15.1. The van der Waals surface area contributed by atoms with Gasteiger partial charge < -0.3 is 20.5 Å². The molecule has 0 unspecified atom stereocenters. The van der Waals surface area contributed by atoms with Gasteiger partial charge in [0.1, 0.15) is 18.2 Å². The lowest BCUT2D eigenvalue weighted by Gasteiger charge is -2.09. The zero-order valence-electron chi connectivity index (χ0n) is 12.3. The summed E-state index contributed by atoms with van der Waals surface area (Å²) in [6.07, 6.45) is 1.01. The van der Waals surface area contributed by atoms with Gasteiger partial charge in [-0.3, -0.25) is 0 Å². The third-order valence-corrected chi connectivity index (χ3v) is 2.82. The highest BCUT2D eigenvalue weighted by Crippen LogP contribution is 2.17. The van der Waals surface area contributed by atoms with Crippen LogP contribution in [0.25, 0.3) is 0 Å². The Hall–Kier alpha value is -2.50. The van der Waals surface area contributed by atoms with Crippen LogP contribution in [-0.2, 0) is 6.61 Å². The Labute approximate surface area is 124 Å². The predicted octanol–water partition coefficient (Wildman–Crippen LogP) is 2.47. The van der Waals surface area contributed by atoms with Crippen molar-refractivity contribution < 1.29 is 9.47 Å². The number of anilines is 2. The van der Waals surface area contributed by atoms with Crippen LogP contribution in [0.2, 0.25) is 0 Å². The maximum atomic E-state index is 5.68. The Bertz CT molecular complexity index is 572. The molecule has 2 aromatic rings. The number of methoxy groups -OCH3 is 1. The van der Waals surface area contributed by atoms with Gasteiger partial charge in [0, 0.05) is 12.6 Å². The number of rotatable bonds is 7. The number of nitrogen functional groups attached to an aromatic ring is 1. The van der Waals surface area contributed by atoms with Crippen LogP contribution in [0.3, 0.4) is 0 Å². The van der Waals surface area contributed by atoms with Crippen molar-refractivity contribution in [2.45, 2.75) is 20.0 Å². The molecule has 6 heteroatoms. The number of benzene rings is 1. The van der Waals surface area contributed by atoms with Gasteiger partial charge in [-0.15, -0.1) is 0 Å². The normalized spacial score (nSPS) is 10.2. The second kappa shape index (κ2) is 7.33. The number of ether oxygens (including phenoxy) is 2. The molecule has 1 aromatic carbocycles. The van der Waals surface area contributed by atoms with Gasteiger partial charge in [0.25, 0.3) is 0 Å². The second-order valence-corrected chi connectivity index (χ2v) is 4.51. The summed E-state index contributed by atoms with van der Waals surface area (Å²) in [5.74, 6) is 2.14. The van der Waals surface area contributed by atoms with E-state index >= 15 is 0 Å². The highest BCUT2D eigenvalue weighted by Gasteiger charge is 2.04. The maximum Gasteiger partial charge on any atom is 0.225 e. The van der Waals surface area contributed by atoms with Gasteiger partial charge >= 0.3 is 0 Å². The molecule has 0 aliphatic carbocycles. The first-order valence-corrected chi connectivity index (χ1v) is 6.85. The third-order valence-electron chi connectivity index (χ3n) is 2.82. The molecule has 0 fully saturated rings. The zero-order valence-corrected chi connectivity index (χ0v) is 12.3. The molecule has 0 saturated carbocycles. The Morgan fingerprint density at radius 2 is 1.95 bits per heavy atom. The monoisotopic (exact) mass is 288 g/mol. The molecule has 1 heterocycles. The van der Waals surface area contributed by atoms with E-state index in [-0.39, 0.29) is 5.95 Å². The van der Waals surface area contributed by atoms with Crippen LogP contribution in [0.5, 0.6) is 11.6 Å². The van der Waals surface area contributed by atoms with Crippen molar-refractivity contribution >= 4 is 11.8 Å². The van der Waals surface area contributed by atoms with E-state index in [9.17, 15) is 0 Å². The molecule has 0 atom stereocenters. The smallest absolute Gasteiger partial charge is 0.225 e. The molecule has 3 N–H and O–H groups in total. The molecule has 0 aliphatic rings. The molecular formula is C15H20N4O2. The van der Waals surface area contributed by atoms with Gasteiger partial charge in [0.15, 0.2) is 0 Å². The fraction of sp³-hybridized carbons (Fsp3) is 0.333. The molecule has 21 heavy (non-hydrogen) atoms. The van der Waals surface area contributed by atoms with Gasteiger partial charge in [0.05, 0.1) is 7.11 Å². The number of hydrogen-bond donors (Lipinski definition) is 2. The molecule has 1 aromatic heterocycles. The molecule has 0 amide bonds. The molecule has 112 valence electrons. The summed E-state index contributed by atoms with van der Waals surface area (Å²) in [5.41, 5.74) is 6.70. The minimum Gasteiger partial charge on any atom is -0.497 e. The molecule has 0 saturated heterocycles. The van der Waals surface area contributed by atoms with Crippen LogP contribution >= 0.6 is 0 Å². The summed E-state index contributed by atoms with van der Waals surface area (Å²) in [7, 11) is 1.64. The van der Waals surface area contributed by atoms with E-state index < -0.39 is 0 Å². The van der Waals surface area contributed by atoms with Crippen molar-refractivity contribution in [3.8, 4) is 11.6 Å². The fourth-order valence-electron chi connectivity index (χ4n) is 1.74. The lowest BCUT2D eigenvalue weighted by Crippen LogP contribution is -2.07. The van der Waals surface area contributed by atoms with Crippen molar-refractivity contribution in [2.24, 2.45) is 0 Å². The third kappa shape index (κ3) is 4.52. The maximum absolute atomic E-state index is 5.68. The predicted molar refractivity (Wildman–Crippen MR) is 82.6 cm³/mol. The lowest BCUT2D eigenvalue weighted by atomic mass is 10.2. The molecule has 0 aliphatic heterocycles. The average Bonchev–Trinajstić information content (AvgIpc) is 2.51. The summed E-state index contributed by atoms with van der Waals surface area (Å²) < 4.78 is 10.8. The van der Waals surface area contributed by atoms with Crippen LogP contribution < -0.4 is 20.5 Å². The Kier molecular flexibility index (Phi) is 5.20. The summed E-state index contributed by atoms with van der Waals surface area (Å²) >= 11 is 0. The fourth-order valence-corrected chi connectivity index (χ4v) is 1.74. The first-order chi connectivity index (χ1) is 10.2. The SMILES string of the molecule is CCCNc1cc(OCc2ccc(OC)cc2)nc(N)n1. The largest absolute Gasteiger partial charge is 0.497 e. The van der Waals surface area contributed by atoms with Crippen LogP contribution in [-0.4, -0.2) is 23.6 Å². The van der Waals surface area contributed by atoms with Crippen molar-refractivity contribution in [3.05, 3.63) is 35.9 Å². The summed E-state index contributed by atoms with van der Waals surface area (Å²) in [6, 6.07) is 9.41. The minimum absolute atomic E-state index is 0.195. The van der Waals surface area contributed by atoms with Crippen LogP contribution in [0.1, 0.15) is 18.9 Å². The molecule has 0 radical (unpaired) electrons.